The fourth-order valence-corrected chi connectivity index (χ4v) is 3.61. The highest BCUT2D eigenvalue weighted by Gasteiger charge is 2.20. The van der Waals surface area contributed by atoms with Crippen LogP contribution >= 0.6 is 15.9 Å². The van der Waals surface area contributed by atoms with Crippen LogP contribution in [0.5, 0.6) is 5.75 Å². The number of hydrogen-bond donors (Lipinski definition) is 1. The van der Waals surface area contributed by atoms with E-state index in [0.717, 1.165) is 16.1 Å². The van der Waals surface area contributed by atoms with Crippen LogP contribution in [-0.4, -0.2) is 13.7 Å². The van der Waals surface area contributed by atoms with Crippen LogP contribution in [0.4, 0.5) is 0 Å². The smallest absolute Gasteiger partial charge is 0.124 e. The van der Waals surface area contributed by atoms with E-state index in [4.69, 9.17) is 4.74 Å². The van der Waals surface area contributed by atoms with Gasteiger partial charge in [-0.2, -0.15) is 0 Å². The van der Waals surface area contributed by atoms with E-state index in [-0.39, 0.29) is 0 Å². The molecule has 2 nitrogen and oxygen atoms in total. The molecule has 1 saturated carbocycles. The lowest BCUT2D eigenvalue weighted by Crippen LogP contribution is -2.18. The molecule has 0 aromatic heterocycles. The summed E-state index contributed by atoms with van der Waals surface area (Å²) in [6.07, 6.45) is 8.22. The van der Waals surface area contributed by atoms with Crippen molar-refractivity contribution in [3.05, 3.63) is 28.2 Å². The second-order valence-corrected chi connectivity index (χ2v) is 6.60. The first-order valence-corrected chi connectivity index (χ1v) is 8.63. The van der Waals surface area contributed by atoms with Gasteiger partial charge in [0.2, 0.25) is 0 Å². The number of rotatable bonds is 7. The average Bonchev–Trinajstić information content (AvgIpc) is 2.96. The van der Waals surface area contributed by atoms with Crippen molar-refractivity contribution in [2.75, 3.05) is 13.7 Å². The Balaban J connectivity index is 2.06. The van der Waals surface area contributed by atoms with Crippen LogP contribution in [0, 0.1) is 5.92 Å². The summed E-state index contributed by atoms with van der Waals surface area (Å²) in [5.41, 5.74) is 1.28. The van der Waals surface area contributed by atoms with Crippen molar-refractivity contribution < 1.29 is 4.74 Å². The van der Waals surface area contributed by atoms with Gasteiger partial charge in [0.1, 0.15) is 5.75 Å². The van der Waals surface area contributed by atoms with E-state index >= 15 is 0 Å². The minimum absolute atomic E-state index is 0.384. The summed E-state index contributed by atoms with van der Waals surface area (Å²) in [7, 11) is 2.05. The van der Waals surface area contributed by atoms with Gasteiger partial charge in [-0.1, -0.05) is 41.6 Å². The normalized spacial score (nSPS) is 17.4. The van der Waals surface area contributed by atoms with Crippen LogP contribution in [0.15, 0.2) is 22.7 Å². The highest BCUT2D eigenvalue weighted by molar-refractivity contribution is 9.10. The highest BCUT2D eigenvalue weighted by Crippen LogP contribution is 2.35. The monoisotopic (exact) mass is 339 g/mol. The van der Waals surface area contributed by atoms with Gasteiger partial charge < -0.3 is 10.1 Å². The molecule has 1 N–H and O–H groups in total. The van der Waals surface area contributed by atoms with E-state index in [2.05, 4.69) is 46.5 Å². The van der Waals surface area contributed by atoms with Gasteiger partial charge in [-0.3, -0.25) is 0 Å². The number of nitrogens with one attached hydrogen (secondary N) is 1. The second-order valence-electron chi connectivity index (χ2n) is 5.68. The molecule has 0 radical (unpaired) electrons. The largest absolute Gasteiger partial charge is 0.494 e. The number of halogens is 1. The molecule has 1 fully saturated rings. The summed E-state index contributed by atoms with van der Waals surface area (Å²) in [5.74, 6) is 1.95. The lowest BCUT2D eigenvalue weighted by atomic mass is 9.94. The minimum atomic E-state index is 0.384. The zero-order valence-electron chi connectivity index (χ0n) is 12.6. The second kappa shape index (κ2) is 8.04. The Morgan fingerprint density at radius 3 is 2.75 bits per heavy atom. The first kappa shape index (κ1) is 15.8. The molecule has 1 aromatic carbocycles. The lowest BCUT2D eigenvalue weighted by Gasteiger charge is -2.22. The van der Waals surface area contributed by atoms with Gasteiger partial charge in [0.25, 0.3) is 0 Å². The third kappa shape index (κ3) is 4.23. The standard InChI is InChI=1S/C17H26BrNO/c1-3-20-17-11-9-14(18)12-15(17)16(19-2)10-8-13-6-4-5-7-13/h9,11-13,16,19H,3-8,10H2,1-2H3. The maximum atomic E-state index is 5.79. The SMILES string of the molecule is CCOc1ccc(Br)cc1C(CCC1CCCC1)NC. The van der Waals surface area contributed by atoms with E-state index in [0.29, 0.717) is 12.6 Å². The molecule has 1 aliphatic carbocycles. The first-order valence-electron chi connectivity index (χ1n) is 7.84. The molecule has 20 heavy (non-hydrogen) atoms. The van der Waals surface area contributed by atoms with E-state index in [9.17, 15) is 0 Å². The third-order valence-electron chi connectivity index (χ3n) is 4.33. The van der Waals surface area contributed by atoms with Crippen LogP contribution in [0.25, 0.3) is 0 Å². The van der Waals surface area contributed by atoms with Gasteiger partial charge in [0.15, 0.2) is 0 Å². The van der Waals surface area contributed by atoms with E-state index in [1.807, 2.05) is 6.92 Å². The molecular weight excluding hydrogens is 314 g/mol. The zero-order chi connectivity index (χ0) is 14.4. The van der Waals surface area contributed by atoms with Crippen LogP contribution in [0.1, 0.15) is 57.1 Å². The Morgan fingerprint density at radius 2 is 2.10 bits per heavy atom. The van der Waals surface area contributed by atoms with Gasteiger partial charge in [-0.25, -0.2) is 0 Å². The first-order chi connectivity index (χ1) is 9.74. The molecule has 0 saturated heterocycles. The third-order valence-corrected chi connectivity index (χ3v) is 4.83. The van der Waals surface area contributed by atoms with Crippen LogP contribution < -0.4 is 10.1 Å². The van der Waals surface area contributed by atoms with Crippen molar-refractivity contribution >= 4 is 15.9 Å². The molecule has 1 aliphatic rings. The van der Waals surface area contributed by atoms with Gasteiger partial charge >= 0.3 is 0 Å². The highest BCUT2D eigenvalue weighted by atomic mass is 79.9. The molecule has 0 heterocycles. The quantitative estimate of drug-likeness (QED) is 0.747. The molecule has 0 bridgehead atoms. The van der Waals surface area contributed by atoms with Crippen LogP contribution in [-0.2, 0) is 0 Å². The van der Waals surface area contributed by atoms with Gasteiger partial charge in [-0.05, 0) is 50.9 Å². The molecule has 1 atom stereocenters. The number of benzene rings is 1. The van der Waals surface area contributed by atoms with E-state index in [1.165, 1.54) is 44.1 Å². The van der Waals surface area contributed by atoms with E-state index in [1.54, 1.807) is 0 Å². The summed E-state index contributed by atoms with van der Waals surface area (Å²) in [6.45, 7) is 2.76. The predicted molar refractivity (Wildman–Crippen MR) is 88.3 cm³/mol. The van der Waals surface area contributed by atoms with Gasteiger partial charge in [-0.15, -0.1) is 0 Å². The van der Waals surface area contributed by atoms with Crippen LogP contribution in [0.2, 0.25) is 0 Å². The molecule has 1 unspecified atom stereocenters. The fraction of sp³-hybridized carbons (Fsp3) is 0.647. The molecule has 0 amide bonds. The zero-order valence-corrected chi connectivity index (χ0v) is 14.2. The van der Waals surface area contributed by atoms with Crippen molar-refractivity contribution in [1.29, 1.82) is 0 Å². The van der Waals surface area contributed by atoms with Crippen molar-refractivity contribution in [3.8, 4) is 5.75 Å². The molecule has 3 heteroatoms. The summed E-state index contributed by atoms with van der Waals surface area (Å²) < 4.78 is 6.91. The Kier molecular flexibility index (Phi) is 6.37. The van der Waals surface area contributed by atoms with Crippen molar-refractivity contribution in [3.63, 3.8) is 0 Å². The summed E-state index contributed by atoms with van der Waals surface area (Å²) in [4.78, 5) is 0. The Morgan fingerprint density at radius 1 is 1.35 bits per heavy atom. The fourth-order valence-electron chi connectivity index (χ4n) is 3.24. The molecule has 112 valence electrons. The predicted octanol–water partition coefficient (Wildman–Crippen LogP) is 5.08. The van der Waals surface area contributed by atoms with Gasteiger partial charge in [0.05, 0.1) is 6.61 Å². The summed E-state index contributed by atoms with van der Waals surface area (Å²) >= 11 is 3.58. The number of hydrogen-bond acceptors (Lipinski definition) is 2. The number of ether oxygens (including phenoxy) is 1. The van der Waals surface area contributed by atoms with Gasteiger partial charge in [0, 0.05) is 16.1 Å². The molecule has 0 aliphatic heterocycles. The maximum absolute atomic E-state index is 5.79. The topological polar surface area (TPSA) is 21.3 Å². The molecule has 1 aromatic rings. The minimum Gasteiger partial charge on any atom is -0.494 e. The van der Waals surface area contributed by atoms with Crippen molar-refractivity contribution in [2.45, 2.75) is 51.5 Å². The molecular formula is C17H26BrNO. The van der Waals surface area contributed by atoms with E-state index < -0.39 is 0 Å². The summed E-state index contributed by atoms with van der Waals surface area (Å²) in [6, 6.07) is 6.71. The lowest BCUT2D eigenvalue weighted by molar-refractivity contribution is 0.328. The Hall–Kier alpha value is -0.540. The average molecular weight is 340 g/mol. The van der Waals surface area contributed by atoms with Crippen molar-refractivity contribution in [1.82, 2.24) is 5.32 Å². The van der Waals surface area contributed by atoms with Crippen LogP contribution in [0.3, 0.4) is 0 Å². The summed E-state index contributed by atoms with van der Waals surface area (Å²) in [5, 5.41) is 3.47. The van der Waals surface area contributed by atoms with Crippen molar-refractivity contribution in [2.24, 2.45) is 5.92 Å². The Labute approximate surface area is 131 Å². The molecule has 0 spiro atoms. The Bertz CT molecular complexity index is 415. The maximum Gasteiger partial charge on any atom is 0.124 e. The molecule has 2 rings (SSSR count).